The average molecular weight is 531 g/mol. The molecule has 2 aromatic carbocycles. The Hall–Kier alpha value is -3.83. The second-order valence-electron chi connectivity index (χ2n) is 9.19. The summed E-state index contributed by atoms with van der Waals surface area (Å²) >= 11 is 0. The summed E-state index contributed by atoms with van der Waals surface area (Å²) in [7, 11) is 1.60. The van der Waals surface area contributed by atoms with Crippen molar-refractivity contribution in [3.8, 4) is 5.75 Å². The van der Waals surface area contributed by atoms with Crippen LogP contribution in [0.15, 0.2) is 48.5 Å². The van der Waals surface area contributed by atoms with Crippen LogP contribution in [0.4, 0.5) is 4.39 Å². The molecule has 0 aromatic heterocycles. The highest BCUT2D eigenvalue weighted by atomic mass is 19.1. The number of piperidine rings is 2. The summed E-state index contributed by atoms with van der Waals surface area (Å²) in [4.78, 5) is 47.6. The summed E-state index contributed by atoms with van der Waals surface area (Å²) in [5, 5.41) is 25.5. The van der Waals surface area contributed by atoms with Crippen molar-refractivity contribution in [3.05, 3.63) is 65.5 Å². The van der Waals surface area contributed by atoms with Crippen molar-refractivity contribution in [3.63, 3.8) is 0 Å². The van der Waals surface area contributed by atoms with Crippen LogP contribution in [0.2, 0.25) is 0 Å². The molecule has 3 N–H and O–H groups in total. The molecule has 2 aromatic rings. The Kier molecular flexibility index (Phi) is 9.91. The Morgan fingerprint density at radius 2 is 1.39 bits per heavy atom. The van der Waals surface area contributed by atoms with E-state index in [0.29, 0.717) is 24.1 Å². The van der Waals surface area contributed by atoms with E-state index in [1.807, 2.05) is 12.1 Å². The summed E-state index contributed by atoms with van der Waals surface area (Å²) < 4.78 is 18.3. The minimum atomic E-state index is -1.82. The molecule has 2 atom stereocenters. The van der Waals surface area contributed by atoms with E-state index in [2.05, 4.69) is 4.90 Å². The molecule has 0 saturated carbocycles. The van der Waals surface area contributed by atoms with Gasteiger partial charge < -0.3 is 25.0 Å². The number of nitrogens with zero attached hydrogens (tertiary/aromatic N) is 2. The number of carboxylic acids is 2. The summed E-state index contributed by atoms with van der Waals surface area (Å²) in [6.07, 6.45) is 1.53. The molecule has 0 aliphatic carbocycles. The highest BCUT2D eigenvalue weighted by Gasteiger charge is 2.36. The lowest BCUT2D eigenvalue weighted by Gasteiger charge is -2.44. The van der Waals surface area contributed by atoms with Crippen molar-refractivity contribution in [1.29, 1.82) is 0 Å². The van der Waals surface area contributed by atoms with E-state index in [4.69, 9.17) is 24.5 Å². The van der Waals surface area contributed by atoms with Crippen molar-refractivity contribution in [2.75, 3.05) is 33.3 Å². The molecule has 10 nitrogen and oxygen atoms in total. The molecular formula is C27H31FN2O8. The SMILES string of the molecule is COc1ccc(C(=O)C2CCN([C@H]3CCN(C(=O)c4ccc(F)cc4)C[C@@H]3O)CC2)cc1.O=C(O)C(=O)O. The van der Waals surface area contributed by atoms with Gasteiger partial charge in [-0.05, 0) is 80.9 Å². The van der Waals surface area contributed by atoms with Crippen LogP contribution in [-0.4, -0.2) is 94.2 Å². The van der Waals surface area contributed by atoms with Gasteiger partial charge in [-0.2, -0.15) is 0 Å². The van der Waals surface area contributed by atoms with Crippen LogP contribution in [0, 0.1) is 11.7 Å². The van der Waals surface area contributed by atoms with Gasteiger partial charge in [-0.1, -0.05) is 0 Å². The Balaban J connectivity index is 0.000000599. The topological polar surface area (TPSA) is 145 Å². The van der Waals surface area contributed by atoms with Crippen LogP contribution in [0.25, 0.3) is 0 Å². The minimum Gasteiger partial charge on any atom is -0.497 e. The molecule has 2 aliphatic heterocycles. The monoisotopic (exact) mass is 530 g/mol. The number of likely N-dealkylation sites (tertiary alicyclic amines) is 2. The number of ketones is 1. The Morgan fingerprint density at radius 3 is 1.89 bits per heavy atom. The number of amides is 1. The van der Waals surface area contributed by atoms with E-state index in [-0.39, 0.29) is 36.0 Å². The van der Waals surface area contributed by atoms with Crippen LogP contribution in [0.1, 0.15) is 40.0 Å². The summed E-state index contributed by atoms with van der Waals surface area (Å²) in [6, 6.07) is 12.7. The first-order valence-electron chi connectivity index (χ1n) is 12.2. The third kappa shape index (κ3) is 7.36. The van der Waals surface area contributed by atoms with Crippen molar-refractivity contribution in [2.45, 2.75) is 31.4 Å². The zero-order valence-corrected chi connectivity index (χ0v) is 21.0. The van der Waals surface area contributed by atoms with Crippen molar-refractivity contribution < 1.29 is 43.6 Å². The normalized spacial score (nSPS) is 20.1. The number of β-amino-alcohol motifs (C(OH)–C–C–N with tert-alkyl or cyclic N) is 1. The third-order valence-corrected chi connectivity index (χ3v) is 6.85. The number of ether oxygens (including phenoxy) is 1. The van der Waals surface area contributed by atoms with Gasteiger partial charge in [-0.25, -0.2) is 14.0 Å². The summed E-state index contributed by atoms with van der Waals surface area (Å²) in [6.45, 7) is 2.30. The zero-order valence-electron chi connectivity index (χ0n) is 21.0. The third-order valence-electron chi connectivity index (χ3n) is 6.85. The molecule has 4 rings (SSSR count). The Bertz CT molecular complexity index is 1120. The predicted molar refractivity (Wildman–Crippen MR) is 134 cm³/mol. The molecule has 11 heteroatoms. The summed E-state index contributed by atoms with van der Waals surface area (Å²) in [5.74, 6) is -3.34. The summed E-state index contributed by atoms with van der Waals surface area (Å²) in [5.41, 5.74) is 1.13. The van der Waals surface area contributed by atoms with Crippen LogP contribution < -0.4 is 4.74 Å². The van der Waals surface area contributed by atoms with E-state index in [1.54, 1.807) is 24.1 Å². The average Bonchev–Trinajstić information content (AvgIpc) is 2.93. The first-order chi connectivity index (χ1) is 18.1. The maximum Gasteiger partial charge on any atom is 0.414 e. The van der Waals surface area contributed by atoms with Gasteiger partial charge >= 0.3 is 11.9 Å². The molecular weight excluding hydrogens is 499 g/mol. The van der Waals surface area contributed by atoms with Gasteiger partial charge in [0.05, 0.1) is 13.2 Å². The quantitative estimate of drug-likeness (QED) is 0.391. The van der Waals surface area contributed by atoms with Crippen molar-refractivity contribution >= 4 is 23.6 Å². The van der Waals surface area contributed by atoms with Crippen molar-refractivity contribution in [2.24, 2.45) is 5.92 Å². The predicted octanol–water partition coefficient (Wildman–Crippen LogP) is 2.16. The molecule has 1 amide bonds. The fourth-order valence-corrected chi connectivity index (χ4v) is 4.79. The van der Waals surface area contributed by atoms with Gasteiger partial charge in [0.15, 0.2) is 5.78 Å². The van der Waals surface area contributed by atoms with Crippen LogP contribution >= 0.6 is 0 Å². The second kappa shape index (κ2) is 13.1. The first kappa shape index (κ1) is 28.7. The van der Waals surface area contributed by atoms with Gasteiger partial charge in [0.2, 0.25) is 0 Å². The van der Waals surface area contributed by atoms with E-state index >= 15 is 0 Å². The number of methoxy groups -OCH3 is 1. The lowest BCUT2D eigenvalue weighted by atomic mass is 9.87. The molecule has 0 spiro atoms. The number of benzene rings is 2. The van der Waals surface area contributed by atoms with E-state index in [0.717, 1.165) is 31.7 Å². The number of hydrogen-bond donors (Lipinski definition) is 3. The number of carboxylic acid groups (broad SMARTS) is 2. The maximum atomic E-state index is 13.1. The van der Waals surface area contributed by atoms with Crippen molar-refractivity contribution in [1.82, 2.24) is 9.80 Å². The number of halogens is 1. The molecule has 38 heavy (non-hydrogen) atoms. The molecule has 0 unspecified atom stereocenters. The highest BCUT2D eigenvalue weighted by Crippen LogP contribution is 2.27. The number of Topliss-reactive ketones (excluding diaryl/α,β-unsaturated/α-hetero) is 1. The number of hydrogen-bond acceptors (Lipinski definition) is 7. The number of carbonyl (C=O) groups excluding carboxylic acids is 2. The van der Waals surface area contributed by atoms with Gasteiger partial charge in [0, 0.05) is 36.2 Å². The number of rotatable bonds is 5. The van der Waals surface area contributed by atoms with Gasteiger partial charge in [0.1, 0.15) is 11.6 Å². The van der Waals surface area contributed by atoms with Gasteiger partial charge in [-0.3, -0.25) is 14.5 Å². The lowest BCUT2D eigenvalue weighted by Crippen LogP contribution is -2.57. The van der Waals surface area contributed by atoms with Gasteiger partial charge in [-0.15, -0.1) is 0 Å². The maximum absolute atomic E-state index is 13.1. The fourth-order valence-electron chi connectivity index (χ4n) is 4.79. The van der Waals surface area contributed by atoms with E-state index < -0.39 is 18.0 Å². The highest BCUT2D eigenvalue weighted by molar-refractivity contribution is 6.27. The molecule has 0 bridgehead atoms. The molecule has 0 radical (unpaired) electrons. The Labute approximate surface area is 219 Å². The van der Waals surface area contributed by atoms with Crippen LogP contribution in [0.3, 0.4) is 0 Å². The molecule has 204 valence electrons. The molecule has 2 fully saturated rings. The molecule has 2 saturated heterocycles. The largest absolute Gasteiger partial charge is 0.497 e. The zero-order chi connectivity index (χ0) is 27.8. The standard InChI is InChI=1S/C25H29FN2O4.C2H2O4/c1-32-21-8-4-17(5-9-21)24(30)18-10-13-27(14-11-18)22-12-15-28(16-23(22)29)25(31)19-2-6-20(26)7-3-19;3-1(4)2(5)6/h2-9,18,22-23,29H,10-16H2,1H3;(H,3,4)(H,5,6)/t22-,23-;/m0./s1. The number of aliphatic hydroxyl groups excluding tert-OH is 1. The van der Waals surface area contributed by atoms with Crippen LogP contribution in [-0.2, 0) is 9.59 Å². The first-order valence-corrected chi connectivity index (χ1v) is 12.2. The smallest absolute Gasteiger partial charge is 0.414 e. The molecule has 2 aliphatic rings. The minimum absolute atomic E-state index is 0.0167. The van der Waals surface area contributed by atoms with Gasteiger partial charge in [0.25, 0.3) is 5.91 Å². The lowest BCUT2D eigenvalue weighted by molar-refractivity contribution is -0.159. The second-order valence-corrected chi connectivity index (χ2v) is 9.19. The fraction of sp³-hybridized carbons (Fsp3) is 0.407. The van der Waals surface area contributed by atoms with Crippen LogP contribution in [0.5, 0.6) is 5.75 Å². The van der Waals surface area contributed by atoms with E-state index in [1.165, 1.54) is 24.3 Å². The molecule has 2 heterocycles. The number of aliphatic hydroxyl groups is 1. The number of carbonyl (C=O) groups is 4. The Morgan fingerprint density at radius 1 is 0.842 bits per heavy atom. The number of aliphatic carboxylic acids is 2. The van der Waals surface area contributed by atoms with E-state index in [9.17, 15) is 19.1 Å².